The molecule has 0 atom stereocenters. The molecule has 0 bridgehead atoms. The number of aromatic nitrogens is 2. The number of benzene rings is 1. The Labute approximate surface area is 112 Å². The van der Waals surface area contributed by atoms with Crippen molar-refractivity contribution in [2.75, 3.05) is 0 Å². The van der Waals surface area contributed by atoms with Crippen LogP contribution in [0.4, 0.5) is 0 Å². The van der Waals surface area contributed by atoms with Gasteiger partial charge in [0.05, 0.1) is 5.02 Å². The summed E-state index contributed by atoms with van der Waals surface area (Å²) in [5.41, 5.74) is 0. The van der Waals surface area contributed by atoms with Crippen LogP contribution in [0.25, 0.3) is 0 Å². The van der Waals surface area contributed by atoms with Gasteiger partial charge < -0.3 is 9.84 Å². The Morgan fingerprint density at radius 2 is 1.88 bits per heavy atom. The Morgan fingerprint density at radius 3 is 2.59 bits per heavy atom. The summed E-state index contributed by atoms with van der Waals surface area (Å²) in [6.07, 6.45) is 1.44. The summed E-state index contributed by atoms with van der Waals surface area (Å²) in [6, 6.07) is 4.48. The molecule has 0 saturated heterocycles. The molecule has 0 saturated carbocycles. The number of halogens is 3. The van der Waals surface area contributed by atoms with E-state index in [-0.39, 0.29) is 32.7 Å². The van der Waals surface area contributed by atoms with Gasteiger partial charge in [-0.1, -0.05) is 23.2 Å². The highest BCUT2D eigenvalue weighted by Gasteiger charge is 2.12. The Morgan fingerprint density at radius 1 is 1.12 bits per heavy atom. The topological polar surface area (TPSA) is 55.2 Å². The van der Waals surface area contributed by atoms with Crippen LogP contribution in [-0.2, 0) is 0 Å². The van der Waals surface area contributed by atoms with Gasteiger partial charge >= 0.3 is 0 Å². The number of aromatic hydroxyl groups is 1. The van der Waals surface area contributed by atoms with Crippen LogP contribution in [0, 0.1) is 0 Å². The molecule has 17 heavy (non-hydrogen) atoms. The molecule has 0 aliphatic carbocycles. The van der Waals surface area contributed by atoms with Gasteiger partial charge in [-0.05, 0) is 23.7 Å². The van der Waals surface area contributed by atoms with Crippen molar-refractivity contribution in [3.63, 3.8) is 0 Å². The maximum absolute atomic E-state index is 9.52. The van der Waals surface area contributed by atoms with Gasteiger partial charge in [-0.2, -0.15) is 4.98 Å². The van der Waals surface area contributed by atoms with E-state index in [1.54, 1.807) is 0 Å². The Balaban J connectivity index is 2.34. The standard InChI is InChI=1S/C10H5Cl3N2O2/c11-5-1-2-6(8(12)9(5)16)17-7-3-4-14-10(13)15-7/h1-4,16H. The molecule has 0 aliphatic rings. The number of hydrogen-bond acceptors (Lipinski definition) is 4. The maximum Gasteiger partial charge on any atom is 0.225 e. The lowest BCUT2D eigenvalue weighted by atomic mass is 10.3. The molecule has 88 valence electrons. The quantitative estimate of drug-likeness (QED) is 0.852. The van der Waals surface area contributed by atoms with E-state index in [1.807, 2.05) is 0 Å². The van der Waals surface area contributed by atoms with Gasteiger partial charge in [-0.3, -0.25) is 0 Å². The van der Waals surface area contributed by atoms with Gasteiger partial charge in [0.25, 0.3) is 0 Å². The summed E-state index contributed by atoms with van der Waals surface area (Å²) < 4.78 is 5.34. The van der Waals surface area contributed by atoms with Gasteiger partial charge in [-0.25, -0.2) is 4.98 Å². The first-order valence-electron chi connectivity index (χ1n) is 4.41. The summed E-state index contributed by atoms with van der Waals surface area (Å²) >= 11 is 17.1. The van der Waals surface area contributed by atoms with Gasteiger partial charge in [0.2, 0.25) is 11.2 Å². The minimum Gasteiger partial charge on any atom is -0.505 e. The van der Waals surface area contributed by atoms with Crippen molar-refractivity contribution in [3.8, 4) is 17.4 Å². The second-order valence-corrected chi connectivity index (χ2v) is 4.10. The molecule has 2 aromatic rings. The summed E-state index contributed by atoms with van der Waals surface area (Å²) in [4.78, 5) is 7.53. The number of rotatable bonds is 2. The fourth-order valence-corrected chi connectivity index (χ4v) is 1.64. The van der Waals surface area contributed by atoms with E-state index in [0.717, 1.165) is 0 Å². The number of nitrogens with zero attached hydrogens (tertiary/aromatic N) is 2. The van der Waals surface area contributed by atoms with Crippen LogP contribution >= 0.6 is 34.8 Å². The summed E-state index contributed by atoms with van der Waals surface area (Å²) in [5, 5.41) is 9.72. The van der Waals surface area contributed by atoms with E-state index < -0.39 is 0 Å². The predicted molar refractivity (Wildman–Crippen MR) is 65.2 cm³/mol. The highest BCUT2D eigenvalue weighted by Crippen LogP contribution is 2.40. The fraction of sp³-hybridized carbons (Fsp3) is 0. The molecule has 0 fully saturated rings. The first kappa shape index (κ1) is 12.2. The molecule has 1 aromatic heterocycles. The van der Waals surface area contributed by atoms with Crippen LogP contribution < -0.4 is 4.74 Å². The molecule has 4 nitrogen and oxygen atoms in total. The lowest BCUT2D eigenvalue weighted by Crippen LogP contribution is -1.90. The Bertz CT molecular complexity index is 563. The number of ether oxygens (including phenoxy) is 1. The average molecular weight is 292 g/mol. The van der Waals surface area contributed by atoms with Crippen molar-refractivity contribution in [2.24, 2.45) is 0 Å². The Hall–Kier alpha value is -1.23. The van der Waals surface area contributed by atoms with Crippen LogP contribution in [0.3, 0.4) is 0 Å². The Kier molecular flexibility index (Phi) is 3.57. The summed E-state index contributed by atoms with van der Waals surface area (Å²) in [6.45, 7) is 0. The van der Waals surface area contributed by atoms with Crippen molar-refractivity contribution in [2.45, 2.75) is 0 Å². The van der Waals surface area contributed by atoms with E-state index in [4.69, 9.17) is 39.5 Å². The summed E-state index contributed by atoms with van der Waals surface area (Å²) in [7, 11) is 0. The third-order valence-corrected chi connectivity index (χ3v) is 2.70. The monoisotopic (exact) mass is 290 g/mol. The maximum atomic E-state index is 9.52. The van der Waals surface area contributed by atoms with Crippen molar-refractivity contribution >= 4 is 34.8 Å². The fourth-order valence-electron chi connectivity index (χ4n) is 1.09. The van der Waals surface area contributed by atoms with E-state index in [0.29, 0.717) is 0 Å². The molecule has 1 N–H and O–H groups in total. The minimum atomic E-state index is -0.244. The third-order valence-electron chi connectivity index (χ3n) is 1.85. The second-order valence-electron chi connectivity index (χ2n) is 2.97. The van der Waals surface area contributed by atoms with Crippen molar-refractivity contribution in [1.29, 1.82) is 0 Å². The number of hydrogen-bond donors (Lipinski definition) is 1. The molecular weight excluding hydrogens is 286 g/mol. The van der Waals surface area contributed by atoms with Crippen LogP contribution in [-0.4, -0.2) is 15.1 Å². The van der Waals surface area contributed by atoms with Gasteiger partial charge in [0.15, 0.2) is 11.5 Å². The van der Waals surface area contributed by atoms with Crippen LogP contribution in [0.5, 0.6) is 17.4 Å². The largest absolute Gasteiger partial charge is 0.505 e. The minimum absolute atomic E-state index is 0.00670. The van der Waals surface area contributed by atoms with Gasteiger partial charge in [0, 0.05) is 12.3 Å². The average Bonchev–Trinajstić information content (AvgIpc) is 2.30. The van der Waals surface area contributed by atoms with E-state index in [1.165, 1.54) is 24.4 Å². The normalized spacial score (nSPS) is 10.3. The van der Waals surface area contributed by atoms with Crippen LogP contribution in [0.2, 0.25) is 15.3 Å². The number of phenolic OH excluding ortho intramolecular Hbond substituents is 1. The van der Waals surface area contributed by atoms with E-state index >= 15 is 0 Å². The van der Waals surface area contributed by atoms with Gasteiger partial charge in [0.1, 0.15) is 5.02 Å². The molecular formula is C10H5Cl3N2O2. The third kappa shape index (κ3) is 2.72. The molecule has 0 aliphatic heterocycles. The lowest BCUT2D eigenvalue weighted by molar-refractivity contribution is 0.445. The predicted octanol–water partition coefficient (Wildman–Crippen LogP) is 3.93. The molecule has 0 amide bonds. The highest BCUT2D eigenvalue weighted by molar-refractivity contribution is 6.38. The van der Waals surface area contributed by atoms with Crippen molar-refractivity contribution in [3.05, 3.63) is 39.7 Å². The molecule has 0 unspecified atom stereocenters. The zero-order chi connectivity index (χ0) is 12.4. The smallest absolute Gasteiger partial charge is 0.225 e. The highest BCUT2D eigenvalue weighted by atomic mass is 35.5. The van der Waals surface area contributed by atoms with E-state index in [2.05, 4.69) is 9.97 Å². The zero-order valence-corrected chi connectivity index (χ0v) is 10.5. The zero-order valence-electron chi connectivity index (χ0n) is 8.19. The molecule has 2 rings (SSSR count). The first-order chi connectivity index (χ1) is 8.08. The molecule has 7 heteroatoms. The van der Waals surface area contributed by atoms with Crippen molar-refractivity contribution in [1.82, 2.24) is 9.97 Å². The second kappa shape index (κ2) is 4.96. The van der Waals surface area contributed by atoms with Crippen LogP contribution in [0.1, 0.15) is 0 Å². The van der Waals surface area contributed by atoms with Crippen LogP contribution in [0.15, 0.2) is 24.4 Å². The number of phenols is 1. The van der Waals surface area contributed by atoms with Crippen molar-refractivity contribution < 1.29 is 9.84 Å². The molecule has 1 heterocycles. The first-order valence-corrected chi connectivity index (χ1v) is 5.54. The molecule has 1 aromatic carbocycles. The lowest BCUT2D eigenvalue weighted by Gasteiger charge is -2.08. The summed E-state index contributed by atoms with van der Waals surface area (Å²) in [5.74, 6) is 0.197. The van der Waals surface area contributed by atoms with Gasteiger partial charge in [-0.15, -0.1) is 0 Å². The molecule has 0 radical (unpaired) electrons. The SMILES string of the molecule is Oc1c(Cl)ccc(Oc2ccnc(Cl)n2)c1Cl. The molecule has 0 spiro atoms. The van der Waals surface area contributed by atoms with E-state index in [9.17, 15) is 5.11 Å².